The van der Waals surface area contributed by atoms with Crippen molar-refractivity contribution >= 4 is 0 Å². The minimum Gasteiger partial charge on any atom is -0.494 e. The molecule has 4 heteroatoms. The number of methoxy groups -OCH3 is 1. The second kappa shape index (κ2) is 4.95. The lowest BCUT2D eigenvalue weighted by molar-refractivity contribution is 0.221. The number of ether oxygens (including phenoxy) is 1. The molecule has 1 fully saturated rings. The van der Waals surface area contributed by atoms with E-state index in [9.17, 15) is 9.65 Å². The van der Waals surface area contributed by atoms with E-state index in [0.29, 0.717) is 0 Å². The molecule has 0 aliphatic carbocycles. The molecule has 1 heterocycles. The van der Waals surface area contributed by atoms with Crippen LogP contribution in [-0.2, 0) is 5.41 Å². The van der Waals surface area contributed by atoms with Gasteiger partial charge in [0.2, 0.25) is 0 Å². The first-order valence-corrected chi connectivity index (χ1v) is 6.05. The molecule has 1 aromatic carbocycles. The zero-order valence-corrected chi connectivity index (χ0v) is 10.7. The predicted octanol–water partition coefficient (Wildman–Crippen LogP) is 2.32. The summed E-state index contributed by atoms with van der Waals surface area (Å²) in [6.07, 6.45) is 1.48. The molecule has 0 unspecified atom stereocenters. The van der Waals surface area contributed by atoms with Gasteiger partial charge in [-0.1, -0.05) is 6.07 Å². The van der Waals surface area contributed by atoms with Crippen molar-refractivity contribution in [2.45, 2.75) is 18.3 Å². The Balaban J connectivity index is 2.34. The molecule has 0 radical (unpaired) electrons. The third-order valence-corrected chi connectivity index (χ3v) is 3.76. The number of benzene rings is 1. The van der Waals surface area contributed by atoms with Gasteiger partial charge in [0.1, 0.15) is 0 Å². The van der Waals surface area contributed by atoms with Crippen molar-refractivity contribution in [2.75, 3.05) is 27.2 Å². The predicted molar refractivity (Wildman–Crippen MR) is 67.0 cm³/mol. The summed E-state index contributed by atoms with van der Waals surface area (Å²) in [5.41, 5.74) is 0.205. The van der Waals surface area contributed by atoms with Crippen LogP contribution in [0.4, 0.5) is 4.39 Å². The van der Waals surface area contributed by atoms with Gasteiger partial charge in [0.15, 0.2) is 11.6 Å². The van der Waals surface area contributed by atoms with E-state index in [1.807, 2.05) is 7.05 Å². The highest BCUT2D eigenvalue weighted by atomic mass is 19.1. The summed E-state index contributed by atoms with van der Waals surface area (Å²) in [5.74, 6) is -0.177. The van der Waals surface area contributed by atoms with Crippen molar-refractivity contribution < 1.29 is 9.13 Å². The van der Waals surface area contributed by atoms with Crippen LogP contribution in [0.15, 0.2) is 18.2 Å². The van der Waals surface area contributed by atoms with Crippen LogP contribution in [0.1, 0.15) is 18.4 Å². The quantitative estimate of drug-likeness (QED) is 0.806. The highest BCUT2D eigenvalue weighted by Gasteiger charge is 2.36. The molecule has 0 atom stereocenters. The van der Waals surface area contributed by atoms with Gasteiger partial charge in [-0.05, 0) is 50.7 Å². The Hall–Kier alpha value is -1.60. The summed E-state index contributed by atoms with van der Waals surface area (Å²) < 4.78 is 18.6. The van der Waals surface area contributed by atoms with Gasteiger partial charge in [-0.15, -0.1) is 0 Å². The van der Waals surface area contributed by atoms with Crippen LogP contribution in [-0.4, -0.2) is 32.1 Å². The zero-order valence-electron chi connectivity index (χ0n) is 10.7. The molecule has 0 saturated carbocycles. The van der Waals surface area contributed by atoms with E-state index < -0.39 is 11.2 Å². The van der Waals surface area contributed by atoms with Crippen LogP contribution in [0, 0.1) is 17.1 Å². The number of nitriles is 1. The average molecular weight is 248 g/mol. The summed E-state index contributed by atoms with van der Waals surface area (Å²) in [6, 6.07) is 7.22. The maximum absolute atomic E-state index is 13.7. The molecule has 96 valence electrons. The summed E-state index contributed by atoms with van der Waals surface area (Å²) >= 11 is 0. The highest BCUT2D eigenvalue weighted by Crippen LogP contribution is 2.36. The van der Waals surface area contributed by atoms with Crippen LogP contribution >= 0.6 is 0 Å². The van der Waals surface area contributed by atoms with Gasteiger partial charge in [0.25, 0.3) is 0 Å². The van der Waals surface area contributed by atoms with E-state index >= 15 is 0 Å². The van der Waals surface area contributed by atoms with Crippen molar-refractivity contribution in [3.63, 3.8) is 0 Å². The summed E-state index contributed by atoms with van der Waals surface area (Å²) in [6.45, 7) is 1.72. The first kappa shape index (κ1) is 12.8. The number of hydrogen-bond acceptors (Lipinski definition) is 3. The molecule has 0 amide bonds. The summed E-state index contributed by atoms with van der Waals surface area (Å²) in [4.78, 5) is 2.19. The van der Waals surface area contributed by atoms with Gasteiger partial charge >= 0.3 is 0 Å². The van der Waals surface area contributed by atoms with Gasteiger partial charge in [0, 0.05) is 0 Å². The van der Waals surface area contributed by atoms with Gasteiger partial charge in [0.05, 0.1) is 18.6 Å². The second-order valence-corrected chi connectivity index (χ2v) is 4.85. The van der Waals surface area contributed by atoms with Crippen molar-refractivity contribution in [3.05, 3.63) is 29.6 Å². The number of piperidine rings is 1. The maximum Gasteiger partial charge on any atom is 0.165 e. The summed E-state index contributed by atoms with van der Waals surface area (Å²) in [5, 5.41) is 9.48. The fourth-order valence-corrected chi connectivity index (χ4v) is 2.43. The lowest BCUT2D eigenvalue weighted by Gasteiger charge is -2.35. The lowest BCUT2D eigenvalue weighted by Crippen LogP contribution is -2.40. The highest BCUT2D eigenvalue weighted by molar-refractivity contribution is 5.38. The number of hydrogen-bond donors (Lipinski definition) is 0. The van der Waals surface area contributed by atoms with Crippen LogP contribution in [0.2, 0.25) is 0 Å². The largest absolute Gasteiger partial charge is 0.494 e. The molecule has 1 saturated heterocycles. The molecular weight excluding hydrogens is 231 g/mol. The van der Waals surface area contributed by atoms with Gasteiger partial charge in [-0.3, -0.25) is 0 Å². The molecule has 1 aliphatic rings. The van der Waals surface area contributed by atoms with Gasteiger partial charge in [-0.2, -0.15) is 5.26 Å². The van der Waals surface area contributed by atoms with E-state index in [-0.39, 0.29) is 5.75 Å². The zero-order chi connectivity index (χ0) is 13.2. The molecule has 0 spiro atoms. The minimum absolute atomic E-state index is 0.222. The van der Waals surface area contributed by atoms with Crippen LogP contribution in [0.5, 0.6) is 5.75 Å². The van der Waals surface area contributed by atoms with Gasteiger partial charge in [-0.25, -0.2) is 4.39 Å². The van der Waals surface area contributed by atoms with Crippen LogP contribution < -0.4 is 4.74 Å². The molecule has 0 N–H and O–H groups in total. The fourth-order valence-electron chi connectivity index (χ4n) is 2.43. The molecule has 3 nitrogen and oxygen atoms in total. The minimum atomic E-state index is -0.556. The Morgan fingerprint density at radius 2 is 2.06 bits per heavy atom. The van der Waals surface area contributed by atoms with Crippen LogP contribution in [0.3, 0.4) is 0 Å². The number of likely N-dealkylation sites (tertiary alicyclic amines) is 1. The normalized spacial score (nSPS) is 19.2. The Morgan fingerprint density at radius 1 is 1.39 bits per heavy atom. The Kier molecular flexibility index (Phi) is 3.53. The Bertz CT molecular complexity index is 473. The SMILES string of the molecule is COc1ccc(C2(C#N)CCN(C)CC2)cc1F. The van der Waals surface area contributed by atoms with E-state index in [1.165, 1.54) is 13.2 Å². The molecule has 1 aromatic rings. The molecule has 0 aromatic heterocycles. The van der Waals surface area contributed by atoms with Crippen molar-refractivity contribution in [1.29, 1.82) is 5.26 Å². The monoisotopic (exact) mass is 248 g/mol. The molecule has 2 rings (SSSR count). The molecular formula is C14H17FN2O. The Labute approximate surface area is 107 Å². The smallest absolute Gasteiger partial charge is 0.165 e. The van der Waals surface area contributed by atoms with E-state index in [0.717, 1.165) is 31.5 Å². The first-order valence-electron chi connectivity index (χ1n) is 6.05. The van der Waals surface area contributed by atoms with Crippen LogP contribution in [0.25, 0.3) is 0 Å². The van der Waals surface area contributed by atoms with Gasteiger partial charge < -0.3 is 9.64 Å². The van der Waals surface area contributed by atoms with E-state index in [2.05, 4.69) is 11.0 Å². The maximum atomic E-state index is 13.7. The third kappa shape index (κ3) is 2.19. The third-order valence-electron chi connectivity index (χ3n) is 3.76. The number of nitrogens with zero attached hydrogens (tertiary/aromatic N) is 2. The standard InChI is InChI=1S/C14H17FN2O/c1-17-7-5-14(10-16,6-8-17)11-3-4-13(18-2)12(15)9-11/h3-4,9H,5-8H2,1-2H3. The second-order valence-electron chi connectivity index (χ2n) is 4.85. The number of halogens is 1. The summed E-state index contributed by atoms with van der Waals surface area (Å²) in [7, 11) is 3.48. The van der Waals surface area contributed by atoms with Crippen molar-refractivity contribution in [2.24, 2.45) is 0 Å². The number of rotatable bonds is 2. The van der Waals surface area contributed by atoms with E-state index in [4.69, 9.17) is 4.74 Å². The molecule has 18 heavy (non-hydrogen) atoms. The van der Waals surface area contributed by atoms with E-state index in [1.54, 1.807) is 12.1 Å². The fraction of sp³-hybridized carbons (Fsp3) is 0.500. The molecule has 0 bridgehead atoms. The Morgan fingerprint density at radius 3 is 2.56 bits per heavy atom. The first-order chi connectivity index (χ1) is 8.61. The van der Waals surface area contributed by atoms with Crippen molar-refractivity contribution in [3.8, 4) is 11.8 Å². The van der Waals surface area contributed by atoms with Crippen molar-refractivity contribution in [1.82, 2.24) is 4.90 Å². The lowest BCUT2D eigenvalue weighted by atomic mass is 9.74. The average Bonchev–Trinajstić information content (AvgIpc) is 2.40. The topological polar surface area (TPSA) is 36.3 Å². The molecule has 1 aliphatic heterocycles.